The van der Waals surface area contributed by atoms with E-state index in [0.29, 0.717) is 13.0 Å². The molecule has 19 heavy (non-hydrogen) atoms. The summed E-state index contributed by atoms with van der Waals surface area (Å²) in [6.45, 7) is 4.40. The molecule has 0 saturated carbocycles. The SMILES string of the molecule is Cc1cccc(C)c1NC(=O)N1CC2CC1C(=O)O2. The summed E-state index contributed by atoms with van der Waals surface area (Å²) in [7, 11) is 0. The fourth-order valence-electron chi connectivity index (χ4n) is 2.76. The van der Waals surface area contributed by atoms with E-state index >= 15 is 0 Å². The van der Waals surface area contributed by atoms with Crippen molar-refractivity contribution in [2.45, 2.75) is 32.4 Å². The molecule has 2 aliphatic rings. The highest BCUT2D eigenvalue weighted by Gasteiger charge is 2.48. The molecule has 2 unspecified atom stereocenters. The number of carbonyl (C=O) groups is 2. The fourth-order valence-corrected chi connectivity index (χ4v) is 2.76. The standard InChI is InChI=1S/C14H16N2O3/c1-8-4-3-5-9(2)12(8)15-14(18)16-7-10-6-11(16)13(17)19-10/h3-5,10-11H,6-7H2,1-2H3,(H,15,18). The molecule has 3 rings (SSSR count). The van der Waals surface area contributed by atoms with Gasteiger partial charge in [0.15, 0.2) is 0 Å². The van der Waals surface area contributed by atoms with E-state index in [0.717, 1.165) is 16.8 Å². The summed E-state index contributed by atoms with van der Waals surface area (Å²) >= 11 is 0. The summed E-state index contributed by atoms with van der Waals surface area (Å²) in [4.78, 5) is 25.3. The smallest absolute Gasteiger partial charge is 0.329 e. The molecular weight excluding hydrogens is 244 g/mol. The zero-order valence-corrected chi connectivity index (χ0v) is 11.0. The number of para-hydroxylation sites is 1. The van der Waals surface area contributed by atoms with Gasteiger partial charge in [0.25, 0.3) is 0 Å². The van der Waals surface area contributed by atoms with Gasteiger partial charge < -0.3 is 15.0 Å². The molecule has 1 aromatic rings. The first kappa shape index (κ1) is 12.0. The number of esters is 1. The first-order valence-corrected chi connectivity index (χ1v) is 6.40. The maximum atomic E-state index is 12.3. The van der Waals surface area contributed by atoms with Crippen molar-refractivity contribution >= 4 is 17.7 Å². The summed E-state index contributed by atoms with van der Waals surface area (Å²) in [5.41, 5.74) is 2.85. The number of likely N-dealkylation sites (tertiary alicyclic amines) is 1. The molecule has 2 atom stereocenters. The summed E-state index contributed by atoms with van der Waals surface area (Å²) in [5.74, 6) is -0.284. The van der Waals surface area contributed by atoms with Crippen LogP contribution in [0, 0.1) is 13.8 Å². The van der Waals surface area contributed by atoms with Crippen LogP contribution in [-0.4, -0.2) is 35.6 Å². The van der Waals surface area contributed by atoms with Crippen LogP contribution in [0.2, 0.25) is 0 Å². The van der Waals surface area contributed by atoms with Crippen LogP contribution in [0.3, 0.4) is 0 Å². The lowest BCUT2D eigenvalue weighted by Crippen LogP contribution is -2.46. The van der Waals surface area contributed by atoms with Gasteiger partial charge in [0.1, 0.15) is 12.1 Å². The van der Waals surface area contributed by atoms with Crippen LogP contribution in [0.4, 0.5) is 10.5 Å². The molecule has 0 spiro atoms. The van der Waals surface area contributed by atoms with E-state index in [1.54, 1.807) is 4.90 Å². The van der Waals surface area contributed by atoms with E-state index in [4.69, 9.17) is 4.74 Å². The van der Waals surface area contributed by atoms with Gasteiger partial charge in [-0.25, -0.2) is 9.59 Å². The number of morpholine rings is 1. The van der Waals surface area contributed by atoms with E-state index < -0.39 is 6.04 Å². The maximum Gasteiger partial charge on any atom is 0.329 e. The Kier molecular flexibility index (Phi) is 2.69. The Morgan fingerprint density at radius 2 is 2.05 bits per heavy atom. The molecule has 1 aromatic carbocycles. The molecule has 2 bridgehead atoms. The Labute approximate surface area is 111 Å². The second kappa shape index (κ2) is 4.26. The summed E-state index contributed by atoms with van der Waals surface area (Å²) in [6, 6.07) is 5.23. The molecule has 2 heterocycles. The first-order valence-electron chi connectivity index (χ1n) is 6.40. The molecule has 5 nitrogen and oxygen atoms in total. The van der Waals surface area contributed by atoms with Gasteiger partial charge in [0.2, 0.25) is 0 Å². The van der Waals surface area contributed by atoms with E-state index in [-0.39, 0.29) is 18.1 Å². The van der Waals surface area contributed by atoms with Crippen molar-refractivity contribution in [3.8, 4) is 0 Å². The zero-order valence-electron chi connectivity index (χ0n) is 11.0. The van der Waals surface area contributed by atoms with Crippen molar-refractivity contribution in [2.24, 2.45) is 0 Å². The summed E-state index contributed by atoms with van der Waals surface area (Å²) in [5, 5.41) is 2.91. The highest BCUT2D eigenvalue weighted by atomic mass is 16.6. The molecular formula is C14H16N2O3. The van der Waals surface area contributed by atoms with Crippen LogP contribution in [-0.2, 0) is 9.53 Å². The maximum absolute atomic E-state index is 12.3. The Hall–Kier alpha value is -2.04. The van der Waals surface area contributed by atoms with Crippen LogP contribution in [0.1, 0.15) is 17.5 Å². The van der Waals surface area contributed by atoms with Crippen molar-refractivity contribution in [3.63, 3.8) is 0 Å². The Balaban J connectivity index is 1.78. The van der Waals surface area contributed by atoms with Gasteiger partial charge in [-0.05, 0) is 25.0 Å². The van der Waals surface area contributed by atoms with Crippen molar-refractivity contribution < 1.29 is 14.3 Å². The molecule has 2 amide bonds. The number of aryl methyl sites for hydroxylation is 2. The third-order valence-electron chi connectivity index (χ3n) is 3.79. The number of urea groups is 1. The number of carbonyl (C=O) groups excluding carboxylic acids is 2. The fraction of sp³-hybridized carbons (Fsp3) is 0.429. The minimum Gasteiger partial charge on any atom is -0.459 e. The van der Waals surface area contributed by atoms with Gasteiger partial charge in [0.05, 0.1) is 6.54 Å². The van der Waals surface area contributed by atoms with Gasteiger partial charge in [-0.1, -0.05) is 18.2 Å². The molecule has 0 aromatic heterocycles. The van der Waals surface area contributed by atoms with E-state index in [1.807, 2.05) is 32.0 Å². The highest BCUT2D eigenvalue weighted by Crippen LogP contribution is 2.30. The number of hydrogen-bond acceptors (Lipinski definition) is 3. The Morgan fingerprint density at radius 1 is 1.37 bits per heavy atom. The van der Waals surface area contributed by atoms with Crippen LogP contribution < -0.4 is 5.32 Å². The molecule has 0 radical (unpaired) electrons. The number of fused-ring (bicyclic) bond motifs is 2. The van der Waals surface area contributed by atoms with Gasteiger partial charge in [0, 0.05) is 12.1 Å². The van der Waals surface area contributed by atoms with Crippen molar-refractivity contribution in [3.05, 3.63) is 29.3 Å². The Morgan fingerprint density at radius 3 is 2.63 bits per heavy atom. The number of ether oxygens (including phenoxy) is 1. The molecule has 5 heteroatoms. The van der Waals surface area contributed by atoms with Crippen LogP contribution in [0.5, 0.6) is 0 Å². The van der Waals surface area contributed by atoms with E-state index in [1.165, 1.54) is 0 Å². The summed E-state index contributed by atoms with van der Waals surface area (Å²) < 4.78 is 5.08. The quantitative estimate of drug-likeness (QED) is 0.784. The topological polar surface area (TPSA) is 58.6 Å². The van der Waals surface area contributed by atoms with Gasteiger partial charge >= 0.3 is 12.0 Å². The third kappa shape index (κ3) is 1.95. The largest absolute Gasteiger partial charge is 0.459 e. The zero-order chi connectivity index (χ0) is 13.6. The predicted molar refractivity (Wildman–Crippen MR) is 69.9 cm³/mol. The molecule has 2 saturated heterocycles. The number of rotatable bonds is 1. The molecule has 100 valence electrons. The number of nitrogens with zero attached hydrogens (tertiary/aromatic N) is 1. The minimum atomic E-state index is -0.408. The van der Waals surface area contributed by atoms with Crippen LogP contribution in [0.15, 0.2) is 18.2 Å². The third-order valence-corrected chi connectivity index (χ3v) is 3.79. The molecule has 1 N–H and O–H groups in total. The monoisotopic (exact) mass is 260 g/mol. The second-order valence-electron chi connectivity index (χ2n) is 5.16. The van der Waals surface area contributed by atoms with Gasteiger partial charge in [-0.15, -0.1) is 0 Å². The van der Waals surface area contributed by atoms with Crippen LogP contribution >= 0.6 is 0 Å². The number of anilines is 1. The number of nitrogens with one attached hydrogen (secondary N) is 1. The molecule has 2 fully saturated rings. The van der Waals surface area contributed by atoms with Gasteiger partial charge in [-0.2, -0.15) is 0 Å². The average molecular weight is 260 g/mol. The van der Waals surface area contributed by atoms with Crippen molar-refractivity contribution in [1.29, 1.82) is 0 Å². The molecule has 0 aliphatic carbocycles. The number of benzene rings is 1. The summed E-state index contributed by atoms with van der Waals surface area (Å²) in [6.07, 6.45) is 0.500. The number of amides is 2. The molecule has 2 aliphatic heterocycles. The average Bonchev–Trinajstić information content (AvgIpc) is 2.92. The van der Waals surface area contributed by atoms with E-state index in [2.05, 4.69) is 5.32 Å². The predicted octanol–water partition coefficient (Wildman–Crippen LogP) is 1.84. The van der Waals surface area contributed by atoms with E-state index in [9.17, 15) is 9.59 Å². The van der Waals surface area contributed by atoms with Gasteiger partial charge in [-0.3, -0.25) is 0 Å². The number of hydrogen-bond donors (Lipinski definition) is 1. The lowest BCUT2D eigenvalue weighted by atomic mass is 10.1. The lowest BCUT2D eigenvalue weighted by molar-refractivity contribution is -0.149. The Bertz CT molecular complexity index is 535. The van der Waals surface area contributed by atoms with Crippen LogP contribution in [0.25, 0.3) is 0 Å². The highest BCUT2D eigenvalue weighted by molar-refractivity contribution is 5.95. The lowest BCUT2D eigenvalue weighted by Gasteiger charge is -2.26. The van der Waals surface area contributed by atoms with Crippen molar-refractivity contribution in [2.75, 3.05) is 11.9 Å². The second-order valence-corrected chi connectivity index (χ2v) is 5.16. The first-order chi connectivity index (χ1) is 9.06. The van der Waals surface area contributed by atoms with Crippen molar-refractivity contribution in [1.82, 2.24) is 4.90 Å². The normalized spacial score (nSPS) is 24.5. The minimum absolute atomic E-state index is 0.124.